The second-order valence-corrected chi connectivity index (χ2v) is 6.43. The number of nitrogens with one attached hydrogen (secondary N) is 1. The molecule has 0 bridgehead atoms. The minimum absolute atomic E-state index is 0. The first-order valence-electron chi connectivity index (χ1n) is 8.54. The molecule has 2 aromatic carbocycles. The van der Waals surface area contributed by atoms with E-state index in [9.17, 15) is 22.7 Å². The van der Waals surface area contributed by atoms with Crippen molar-refractivity contribution in [2.75, 3.05) is 26.2 Å². The van der Waals surface area contributed by atoms with Gasteiger partial charge in [0.05, 0.1) is 11.6 Å². The number of benzene rings is 2. The highest BCUT2D eigenvalue weighted by molar-refractivity contribution is 5.85. The number of hydrogen-bond donors (Lipinski definition) is 2. The summed E-state index contributed by atoms with van der Waals surface area (Å²) in [6.45, 7) is 4.28. The second kappa shape index (κ2) is 10.3. The molecule has 0 aromatic heterocycles. The fourth-order valence-corrected chi connectivity index (χ4v) is 3.30. The van der Waals surface area contributed by atoms with Gasteiger partial charge < -0.3 is 15.2 Å². The lowest BCUT2D eigenvalue weighted by atomic mass is 9.93. The summed E-state index contributed by atoms with van der Waals surface area (Å²) in [5.41, 5.74) is 1.23. The second-order valence-electron chi connectivity index (χ2n) is 6.43. The third-order valence-corrected chi connectivity index (χ3v) is 4.59. The predicted octanol–water partition coefficient (Wildman–Crippen LogP) is 4.58. The van der Waals surface area contributed by atoms with Crippen molar-refractivity contribution in [2.24, 2.45) is 0 Å². The van der Waals surface area contributed by atoms with E-state index in [0.717, 1.165) is 0 Å². The van der Waals surface area contributed by atoms with Crippen molar-refractivity contribution in [2.45, 2.75) is 19.3 Å². The number of nitrogens with zero attached hydrogens (tertiary/aromatic N) is 1. The molecular formula is C19H22Cl2F4N2O2. The Balaban J connectivity index is 0.00000210. The molecule has 29 heavy (non-hydrogen) atoms. The number of hydrogen-bond acceptors (Lipinski definition) is 4. The maximum Gasteiger partial charge on any atom is 0.573 e. The van der Waals surface area contributed by atoms with Gasteiger partial charge >= 0.3 is 6.36 Å². The monoisotopic (exact) mass is 456 g/mol. The summed E-state index contributed by atoms with van der Waals surface area (Å²) < 4.78 is 55.7. The van der Waals surface area contributed by atoms with Crippen molar-refractivity contribution in [3.05, 3.63) is 58.9 Å². The van der Waals surface area contributed by atoms with Crippen LogP contribution in [0.4, 0.5) is 17.6 Å². The standard InChI is InChI=1S/C19H20F4N2O2.2ClH/c1-12-2-7-15(20)16(18(12)26)17(25-10-8-24-9-11-25)13-3-5-14(6-4-13)27-19(21,22)23;;/h2-7,17,24,26H,8-11H2,1H3;2*1H/t17-;;/m1../s1. The molecule has 2 aromatic rings. The zero-order valence-electron chi connectivity index (χ0n) is 15.5. The number of ether oxygens (including phenoxy) is 1. The Labute approximate surface area is 178 Å². The van der Waals surface area contributed by atoms with Crippen LogP contribution in [0.1, 0.15) is 22.7 Å². The van der Waals surface area contributed by atoms with Crippen LogP contribution >= 0.6 is 24.8 Å². The highest BCUT2D eigenvalue weighted by Crippen LogP contribution is 2.38. The quantitative estimate of drug-likeness (QED) is 0.661. The molecule has 162 valence electrons. The number of aryl methyl sites for hydroxylation is 1. The van der Waals surface area contributed by atoms with Crippen molar-refractivity contribution < 1.29 is 27.4 Å². The fraction of sp³-hybridized carbons (Fsp3) is 0.368. The van der Waals surface area contributed by atoms with E-state index in [-0.39, 0.29) is 41.9 Å². The van der Waals surface area contributed by atoms with Crippen molar-refractivity contribution in [1.29, 1.82) is 0 Å². The molecule has 1 aliphatic rings. The van der Waals surface area contributed by atoms with Crippen LogP contribution in [0.3, 0.4) is 0 Å². The number of piperazine rings is 1. The highest BCUT2D eigenvalue weighted by atomic mass is 35.5. The molecule has 10 heteroatoms. The van der Waals surface area contributed by atoms with Gasteiger partial charge in [0.1, 0.15) is 17.3 Å². The topological polar surface area (TPSA) is 44.7 Å². The van der Waals surface area contributed by atoms with Gasteiger partial charge in [0.25, 0.3) is 0 Å². The smallest absolute Gasteiger partial charge is 0.507 e. The maximum atomic E-state index is 14.6. The van der Waals surface area contributed by atoms with Crippen molar-refractivity contribution in [3.8, 4) is 11.5 Å². The number of halogens is 6. The van der Waals surface area contributed by atoms with Crippen LogP contribution in [0.15, 0.2) is 36.4 Å². The zero-order valence-corrected chi connectivity index (χ0v) is 17.1. The van der Waals surface area contributed by atoms with E-state index in [2.05, 4.69) is 10.1 Å². The van der Waals surface area contributed by atoms with Crippen LogP contribution < -0.4 is 10.1 Å². The summed E-state index contributed by atoms with van der Waals surface area (Å²) >= 11 is 0. The molecule has 1 fully saturated rings. The van der Waals surface area contributed by atoms with Crippen LogP contribution in [0, 0.1) is 12.7 Å². The molecule has 1 atom stereocenters. The first-order valence-corrected chi connectivity index (χ1v) is 8.54. The molecule has 0 saturated carbocycles. The van der Waals surface area contributed by atoms with Crippen LogP contribution in [0.25, 0.3) is 0 Å². The summed E-state index contributed by atoms with van der Waals surface area (Å²) in [4.78, 5) is 1.99. The SMILES string of the molecule is Cc1ccc(F)c([C@@H](c2ccc(OC(F)(F)F)cc2)N2CCNCC2)c1O.Cl.Cl. The molecule has 0 radical (unpaired) electrons. The Morgan fingerprint density at radius 3 is 2.17 bits per heavy atom. The lowest BCUT2D eigenvalue weighted by molar-refractivity contribution is -0.274. The summed E-state index contributed by atoms with van der Waals surface area (Å²) in [7, 11) is 0. The van der Waals surface area contributed by atoms with Gasteiger partial charge in [-0.05, 0) is 36.2 Å². The summed E-state index contributed by atoms with van der Waals surface area (Å²) in [5.74, 6) is -1.05. The molecule has 1 aliphatic heterocycles. The summed E-state index contributed by atoms with van der Waals surface area (Å²) in [5, 5.41) is 13.7. The average Bonchev–Trinajstić information content (AvgIpc) is 2.62. The maximum absolute atomic E-state index is 14.6. The Bertz CT molecular complexity index is 798. The van der Waals surface area contributed by atoms with Gasteiger partial charge in [0.2, 0.25) is 0 Å². The van der Waals surface area contributed by atoms with Crippen molar-refractivity contribution in [1.82, 2.24) is 10.2 Å². The van der Waals surface area contributed by atoms with E-state index in [1.807, 2.05) is 4.90 Å². The molecule has 2 N–H and O–H groups in total. The van der Waals surface area contributed by atoms with Crippen molar-refractivity contribution >= 4 is 24.8 Å². The minimum Gasteiger partial charge on any atom is -0.507 e. The van der Waals surface area contributed by atoms with E-state index in [1.165, 1.54) is 36.4 Å². The number of phenols is 1. The lowest BCUT2D eigenvalue weighted by Gasteiger charge is -2.36. The Hall–Kier alpha value is -1.74. The van der Waals surface area contributed by atoms with Gasteiger partial charge in [0.15, 0.2) is 0 Å². The number of rotatable bonds is 4. The molecule has 1 saturated heterocycles. The highest BCUT2D eigenvalue weighted by Gasteiger charge is 2.32. The minimum atomic E-state index is -4.78. The molecule has 4 nitrogen and oxygen atoms in total. The van der Waals surface area contributed by atoms with Crippen molar-refractivity contribution in [3.63, 3.8) is 0 Å². The van der Waals surface area contributed by atoms with Crippen LogP contribution in [0.5, 0.6) is 11.5 Å². The lowest BCUT2D eigenvalue weighted by Crippen LogP contribution is -2.45. The molecular weight excluding hydrogens is 435 g/mol. The number of alkyl halides is 3. The zero-order chi connectivity index (χ0) is 19.6. The van der Waals surface area contributed by atoms with Crippen LogP contribution in [-0.2, 0) is 0 Å². The third kappa shape index (κ3) is 6.12. The fourth-order valence-electron chi connectivity index (χ4n) is 3.30. The molecule has 3 rings (SSSR count). The molecule has 1 heterocycles. The van der Waals surface area contributed by atoms with Gasteiger partial charge in [-0.1, -0.05) is 18.2 Å². The van der Waals surface area contributed by atoms with E-state index in [0.29, 0.717) is 37.3 Å². The van der Waals surface area contributed by atoms with Gasteiger partial charge in [-0.2, -0.15) is 0 Å². The molecule has 0 unspecified atom stereocenters. The first kappa shape index (κ1) is 25.3. The molecule has 0 spiro atoms. The molecule has 0 aliphatic carbocycles. The Kier molecular flexibility index (Phi) is 9.02. The van der Waals surface area contributed by atoms with E-state index >= 15 is 0 Å². The predicted molar refractivity (Wildman–Crippen MR) is 107 cm³/mol. The van der Waals surface area contributed by atoms with Crippen LogP contribution in [0.2, 0.25) is 0 Å². The van der Waals surface area contributed by atoms with E-state index < -0.39 is 18.2 Å². The largest absolute Gasteiger partial charge is 0.573 e. The summed E-state index contributed by atoms with van der Waals surface area (Å²) in [6, 6.07) is 7.49. The van der Waals surface area contributed by atoms with Gasteiger partial charge in [-0.15, -0.1) is 38.0 Å². The number of phenolic OH excluding ortho intramolecular Hbond substituents is 1. The molecule has 0 amide bonds. The third-order valence-electron chi connectivity index (χ3n) is 4.59. The van der Waals surface area contributed by atoms with Gasteiger partial charge in [0, 0.05) is 26.2 Å². The van der Waals surface area contributed by atoms with Crippen LogP contribution in [-0.4, -0.2) is 42.5 Å². The first-order chi connectivity index (χ1) is 12.8. The number of aromatic hydroxyl groups is 1. The summed E-state index contributed by atoms with van der Waals surface area (Å²) in [6.07, 6.45) is -4.78. The Morgan fingerprint density at radius 2 is 1.62 bits per heavy atom. The average molecular weight is 457 g/mol. The van der Waals surface area contributed by atoms with Gasteiger partial charge in [-0.25, -0.2) is 4.39 Å². The van der Waals surface area contributed by atoms with E-state index in [4.69, 9.17) is 0 Å². The normalized spacial score (nSPS) is 15.8. The van der Waals surface area contributed by atoms with Gasteiger partial charge in [-0.3, -0.25) is 4.90 Å². The van der Waals surface area contributed by atoms with E-state index in [1.54, 1.807) is 6.92 Å². The Morgan fingerprint density at radius 1 is 1.03 bits per heavy atom.